The lowest BCUT2D eigenvalue weighted by molar-refractivity contribution is -0.141. The normalized spacial score (nSPS) is 11.8. The second kappa shape index (κ2) is 9.51. The fourth-order valence-electron chi connectivity index (χ4n) is 2.96. The van der Waals surface area contributed by atoms with E-state index < -0.39 is 29.1 Å². The molecule has 156 valence electrons. The molecule has 0 fully saturated rings. The van der Waals surface area contributed by atoms with Crippen LogP contribution in [-0.2, 0) is 26.0 Å². The van der Waals surface area contributed by atoms with Crippen molar-refractivity contribution in [1.29, 1.82) is 0 Å². The molecule has 2 N–H and O–H groups in total. The summed E-state index contributed by atoms with van der Waals surface area (Å²) in [6.45, 7) is 0.987. The number of fused-ring (bicyclic) bond motifs is 1. The summed E-state index contributed by atoms with van der Waals surface area (Å²) in [5.41, 5.74) is 3.11. The van der Waals surface area contributed by atoms with E-state index in [0.717, 1.165) is 28.3 Å². The molecule has 1 heterocycles. The van der Waals surface area contributed by atoms with Crippen LogP contribution in [0.1, 0.15) is 28.4 Å². The van der Waals surface area contributed by atoms with Gasteiger partial charge in [0.05, 0.1) is 0 Å². The van der Waals surface area contributed by atoms with Crippen molar-refractivity contribution < 1.29 is 22.7 Å². The minimum atomic E-state index is -3.81. The van der Waals surface area contributed by atoms with Crippen molar-refractivity contribution in [2.24, 2.45) is 0 Å². The van der Waals surface area contributed by atoms with Gasteiger partial charge in [0.1, 0.15) is 6.54 Å². The number of para-hydroxylation sites is 1. The first-order valence-electron chi connectivity index (χ1n) is 9.40. The van der Waals surface area contributed by atoms with Crippen LogP contribution in [0.3, 0.4) is 0 Å². The molecule has 0 unspecified atom stereocenters. The quantitative estimate of drug-likeness (QED) is 0.404. The molecule has 0 aliphatic carbocycles. The average molecular weight is 426 g/mol. The molecule has 8 heteroatoms. The number of Topliss-reactive ketones (excluding diaryl/α,β-unsaturated/α-hetero) is 1. The van der Waals surface area contributed by atoms with E-state index in [1.54, 1.807) is 30.5 Å². The lowest BCUT2D eigenvalue weighted by Crippen LogP contribution is -2.30. The lowest BCUT2D eigenvalue weighted by atomic mass is 10.1. The number of aryl methyl sites for hydroxylation is 1. The number of sulfonamides is 1. The zero-order chi connectivity index (χ0) is 21.6. The zero-order valence-corrected chi connectivity index (χ0v) is 17.2. The van der Waals surface area contributed by atoms with Crippen LogP contribution in [0, 0.1) is 0 Å². The number of carbonyl (C=O) groups is 2. The Morgan fingerprint density at radius 1 is 1.10 bits per heavy atom. The molecular formula is C22H22N2O5S. The summed E-state index contributed by atoms with van der Waals surface area (Å²) < 4.78 is 31.0. The standard InChI is InChI=1S/C22H22N2O5S/c1-2-17-9-6-10-18-19(13-23-22(17)18)20(25)15-29-21(26)14-24-30(27,28)12-11-16-7-4-3-5-8-16/h3-13,23-24H,2,14-15H2,1H3/b12-11-. The third-order valence-corrected chi connectivity index (χ3v) is 5.55. The van der Waals surface area contributed by atoms with Crippen LogP contribution in [-0.4, -0.2) is 38.3 Å². The topological polar surface area (TPSA) is 105 Å². The predicted octanol–water partition coefficient (Wildman–Crippen LogP) is 3.05. The maximum absolute atomic E-state index is 12.4. The molecule has 2 aromatic carbocycles. The number of benzene rings is 2. The van der Waals surface area contributed by atoms with Gasteiger partial charge in [0, 0.05) is 28.1 Å². The van der Waals surface area contributed by atoms with Crippen molar-refractivity contribution in [3.8, 4) is 0 Å². The molecule has 3 aromatic rings. The van der Waals surface area contributed by atoms with Crippen molar-refractivity contribution >= 4 is 38.8 Å². The van der Waals surface area contributed by atoms with E-state index in [1.807, 2.05) is 31.2 Å². The average Bonchev–Trinajstić information content (AvgIpc) is 3.20. The van der Waals surface area contributed by atoms with Crippen LogP contribution >= 0.6 is 0 Å². The molecule has 0 bridgehead atoms. The number of ether oxygens (including phenoxy) is 1. The summed E-state index contributed by atoms with van der Waals surface area (Å²) in [7, 11) is -3.81. The van der Waals surface area contributed by atoms with Crippen LogP contribution in [0.5, 0.6) is 0 Å². The molecule has 1 aromatic heterocycles. The Labute approximate surface area is 174 Å². The first kappa shape index (κ1) is 21.5. The second-order valence-electron chi connectivity index (χ2n) is 6.56. The second-order valence-corrected chi connectivity index (χ2v) is 8.21. The van der Waals surface area contributed by atoms with Crippen LogP contribution in [0.4, 0.5) is 0 Å². The fourth-order valence-corrected chi connectivity index (χ4v) is 3.71. The Bertz CT molecular complexity index is 1180. The predicted molar refractivity (Wildman–Crippen MR) is 115 cm³/mol. The van der Waals surface area contributed by atoms with Crippen molar-refractivity contribution in [2.45, 2.75) is 13.3 Å². The van der Waals surface area contributed by atoms with Gasteiger partial charge in [0.25, 0.3) is 0 Å². The third kappa shape index (κ3) is 5.43. The van der Waals surface area contributed by atoms with Gasteiger partial charge in [-0.15, -0.1) is 0 Å². The fraction of sp³-hybridized carbons (Fsp3) is 0.182. The van der Waals surface area contributed by atoms with E-state index in [4.69, 9.17) is 4.74 Å². The molecule has 30 heavy (non-hydrogen) atoms. The van der Waals surface area contributed by atoms with Crippen LogP contribution in [0.25, 0.3) is 17.0 Å². The van der Waals surface area contributed by atoms with Gasteiger partial charge in [-0.3, -0.25) is 9.59 Å². The lowest BCUT2D eigenvalue weighted by Gasteiger charge is -2.05. The highest BCUT2D eigenvalue weighted by Gasteiger charge is 2.16. The number of carbonyl (C=O) groups excluding carboxylic acids is 2. The summed E-state index contributed by atoms with van der Waals surface area (Å²) in [5.74, 6) is -1.20. The molecular weight excluding hydrogens is 404 g/mol. The van der Waals surface area contributed by atoms with E-state index in [-0.39, 0.29) is 5.78 Å². The number of aromatic amines is 1. The van der Waals surface area contributed by atoms with Crippen molar-refractivity contribution in [1.82, 2.24) is 9.71 Å². The highest BCUT2D eigenvalue weighted by atomic mass is 32.2. The summed E-state index contributed by atoms with van der Waals surface area (Å²) in [4.78, 5) is 27.4. The van der Waals surface area contributed by atoms with E-state index in [0.29, 0.717) is 11.1 Å². The summed E-state index contributed by atoms with van der Waals surface area (Å²) in [6.07, 6.45) is 3.83. The first-order valence-corrected chi connectivity index (χ1v) is 10.9. The summed E-state index contributed by atoms with van der Waals surface area (Å²) in [5, 5.41) is 1.74. The highest BCUT2D eigenvalue weighted by Crippen LogP contribution is 2.22. The molecule has 0 saturated carbocycles. The number of H-pyrrole nitrogens is 1. The molecule has 0 aliphatic rings. The summed E-state index contributed by atoms with van der Waals surface area (Å²) >= 11 is 0. The van der Waals surface area contributed by atoms with Gasteiger partial charge in [-0.05, 0) is 23.6 Å². The Balaban J connectivity index is 1.53. The number of hydrogen-bond donors (Lipinski definition) is 2. The maximum atomic E-state index is 12.4. The number of aromatic nitrogens is 1. The van der Waals surface area contributed by atoms with E-state index in [9.17, 15) is 18.0 Å². The largest absolute Gasteiger partial charge is 0.456 e. The van der Waals surface area contributed by atoms with E-state index in [1.165, 1.54) is 6.08 Å². The number of hydrogen-bond acceptors (Lipinski definition) is 5. The van der Waals surface area contributed by atoms with Gasteiger partial charge in [0.15, 0.2) is 6.61 Å². The first-order chi connectivity index (χ1) is 14.4. The van der Waals surface area contributed by atoms with E-state index >= 15 is 0 Å². The van der Waals surface area contributed by atoms with Crippen LogP contribution < -0.4 is 4.72 Å². The van der Waals surface area contributed by atoms with Crippen LogP contribution in [0.15, 0.2) is 60.1 Å². The monoisotopic (exact) mass is 426 g/mol. The highest BCUT2D eigenvalue weighted by molar-refractivity contribution is 7.92. The Morgan fingerprint density at radius 3 is 2.60 bits per heavy atom. The van der Waals surface area contributed by atoms with Gasteiger partial charge in [-0.1, -0.05) is 55.5 Å². The molecule has 0 amide bonds. The molecule has 3 rings (SSSR count). The number of esters is 1. The van der Waals surface area contributed by atoms with Gasteiger partial charge < -0.3 is 9.72 Å². The molecule has 0 saturated heterocycles. The molecule has 7 nitrogen and oxygen atoms in total. The van der Waals surface area contributed by atoms with E-state index in [2.05, 4.69) is 9.71 Å². The Morgan fingerprint density at radius 2 is 1.87 bits per heavy atom. The SMILES string of the molecule is CCc1cccc2c(C(=O)COC(=O)CNS(=O)(=O)/C=C\c3ccccc3)c[nH]c12. The van der Waals surface area contributed by atoms with Crippen molar-refractivity contribution in [3.63, 3.8) is 0 Å². The number of rotatable bonds is 9. The Kier molecular flexibility index (Phi) is 6.81. The minimum absolute atomic E-state index is 0.366. The van der Waals surface area contributed by atoms with Crippen molar-refractivity contribution in [3.05, 3.63) is 76.8 Å². The third-order valence-electron chi connectivity index (χ3n) is 4.50. The van der Waals surface area contributed by atoms with Gasteiger partial charge in [0.2, 0.25) is 15.8 Å². The maximum Gasteiger partial charge on any atom is 0.321 e. The smallest absolute Gasteiger partial charge is 0.321 e. The number of nitrogens with one attached hydrogen (secondary N) is 2. The van der Waals surface area contributed by atoms with Gasteiger partial charge >= 0.3 is 5.97 Å². The molecule has 0 atom stereocenters. The van der Waals surface area contributed by atoms with Crippen molar-refractivity contribution in [2.75, 3.05) is 13.2 Å². The summed E-state index contributed by atoms with van der Waals surface area (Å²) in [6, 6.07) is 14.6. The van der Waals surface area contributed by atoms with Gasteiger partial charge in [-0.25, -0.2) is 13.1 Å². The Hall–Kier alpha value is -3.23. The molecule has 0 spiro atoms. The zero-order valence-electron chi connectivity index (χ0n) is 16.4. The van der Waals surface area contributed by atoms with Crippen LogP contribution in [0.2, 0.25) is 0 Å². The number of ketones is 1. The molecule has 0 aliphatic heterocycles. The molecule has 0 radical (unpaired) electrons. The van der Waals surface area contributed by atoms with Gasteiger partial charge in [-0.2, -0.15) is 0 Å². The minimum Gasteiger partial charge on any atom is -0.456 e.